The van der Waals surface area contributed by atoms with Crippen LogP contribution in [0.15, 0.2) is 42.5 Å². The molecule has 2 aliphatic rings. The molecule has 250 valence electrons. The largest absolute Gasteiger partial charge is 0.490 e. The van der Waals surface area contributed by atoms with E-state index in [1.165, 1.54) is 0 Å². The average molecular weight is 638 g/mol. The molecule has 1 aromatic carbocycles. The van der Waals surface area contributed by atoms with Gasteiger partial charge in [0.15, 0.2) is 0 Å². The Morgan fingerprint density at radius 3 is 2.28 bits per heavy atom. The Kier molecular flexibility index (Phi) is 12.8. The van der Waals surface area contributed by atoms with Gasteiger partial charge in [-0.2, -0.15) is 0 Å². The van der Waals surface area contributed by atoms with Crippen molar-refractivity contribution in [1.82, 2.24) is 25.0 Å². The van der Waals surface area contributed by atoms with Gasteiger partial charge in [-0.25, -0.2) is 9.78 Å². The van der Waals surface area contributed by atoms with Crippen LogP contribution in [-0.2, 0) is 14.3 Å². The van der Waals surface area contributed by atoms with Crippen LogP contribution in [0.25, 0.3) is 11.3 Å². The predicted octanol–water partition coefficient (Wildman–Crippen LogP) is 4.04. The number of rotatable bonds is 13. The number of nitrogens with zero attached hydrogens (tertiary/aromatic N) is 4. The van der Waals surface area contributed by atoms with Gasteiger partial charge in [-0.05, 0) is 39.5 Å². The number of piperazine rings is 1. The first kappa shape index (κ1) is 34.7. The third-order valence-corrected chi connectivity index (χ3v) is 8.43. The van der Waals surface area contributed by atoms with Gasteiger partial charge in [0.2, 0.25) is 5.91 Å². The number of carboxylic acid groups (broad SMARTS) is 1. The van der Waals surface area contributed by atoms with Gasteiger partial charge in [0.25, 0.3) is 5.91 Å². The number of aromatic nitrogens is 1. The van der Waals surface area contributed by atoms with E-state index in [0.29, 0.717) is 24.1 Å². The lowest BCUT2D eigenvalue weighted by Crippen LogP contribution is -2.56. The fourth-order valence-electron chi connectivity index (χ4n) is 5.63. The first-order valence-corrected chi connectivity index (χ1v) is 16.4. The summed E-state index contributed by atoms with van der Waals surface area (Å²) in [5, 5.41) is 12.1. The first-order valence-electron chi connectivity index (χ1n) is 16.4. The van der Waals surface area contributed by atoms with Gasteiger partial charge in [-0.1, -0.05) is 43.7 Å². The normalized spacial score (nSPS) is 16.6. The number of amides is 3. The summed E-state index contributed by atoms with van der Waals surface area (Å²) < 4.78 is 11.7. The molecule has 4 rings (SSSR count). The molecule has 0 spiro atoms. The highest BCUT2D eigenvalue weighted by atomic mass is 16.6. The van der Waals surface area contributed by atoms with Crippen LogP contribution >= 0.6 is 0 Å². The van der Waals surface area contributed by atoms with Gasteiger partial charge in [-0.15, -0.1) is 0 Å². The Balaban J connectivity index is 1.48. The van der Waals surface area contributed by atoms with Crippen molar-refractivity contribution in [3.05, 3.63) is 48.2 Å². The fourth-order valence-corrected chi connectivity index (χ4v) is 5.63. The average Bonchev–Trinajstić information content (AvgIpc) is 3.06. The number of carbonyl (C=O) groups excluding carboxylic acids is 3. The Morgan fingerprint density at radius 1 is 0.978 bits per heavy atom. The van der Waals surface area contributed by atoms with E-state index in [1.807, 2.05) is 43.3 Å². The van der Waals surface area contributed by atoms with Crippen molar-refractivity contribution in [2.45, 2.75) is 77.5 Å². The number of hydrogen-bond acceptors (Lipinski definition) is 8. The first-order chi connectivity index (χ1) is 22.1. The van der Waals surface area contributed by atoms with E-state index in [4.69, 9.17) is 9.47 Å². The highest BCUT2D eigenvalue weighted by molar-refractivity contribution is 5.97. The van der Waals surface area contributed by atoms with E-state index < -0.39 is 29.9 Å². The minimum atomic E-state index is -1.08. The highest BCUT2D eigenvalue weighted by Gasteiger charge is 2.31. The molecule has 0 unspecified atom stereocenters. The Hall–Kier alpha value is -4.19. The number of unbranched alkanes of at least 4 members (excludes halogenated alkanes) is 1. The lowest BCUT2D eigenvalue weighted by Gasteiger charge is -2.36. The van der Waals surface area contributed by atoms with E-state index in [1.54, 1.807) is 15.9 Å². The van der Waals surface area contributed by atoms with Crippen LogP contribution < -0.4 is 10.1 Å². The molecule has 12 nitrogen and oxygen atoms in total. The molecule has 0 saturated carbocycles. The third kappa shape index (κ3) is 9.90. The second-order valence-electron chi connectivity index (χ2n) is 12.1. The summed E-state index contributed by atoms with van der Waals surface area (Å²) in [6.45, 7) is 9.64. The van der Waals surface area contributed by atoms with E-state index in [2.05, 4.69) is 29.0 Å². The number of carboxylic acids is 1. The summed E-state index contributed by atoms with van der Waals surface area (Å²) in [6.07, 6.45) is 2.60. The number of hydrogen-bond donors (Lipinski definition) is 2. The molecule has 2 N–H and O–H groups in total. The summed E-state index contributed by atoms with van der Waals surface area (Å²) in [6, 6.07) is 12.2. The third-order valence-electron chi connectivity index (χ3n) is 8.43. The maximum absolute atomic E-state index is 13.7. The van der Waals surface area contributed by atoms with Crippen LogP contribution in [0, 0.1) is 0 Å². The van der Waals surface area contributed by atoms with Crippen molar-refractivity contribution in [3.63, 3.8) is 0 Å². The summed E-state index contributed by atoms with van der Waals surface area (Å²) >= 11 is 0. The summed E-state index contributed by atoms with van der Waals surface area (Å²) in [5.41, 5.74) is 1.43. The monoisotopic (exact) mass is 637 g/mol. The van der Waals surface area contributed by atoms with E-state index >= 15 is 0 Å². The molecule has 1 aromatic heterocycles. The molecular weight excluding hydrogens is 590 g/mol. The molecule has 0 radical (unpaired) electrons. The van der Waals surface area contributed by atoms with Gasteiger partial charge in [-0.3, -0.25) is 14.4 Å². The number of piperidine rings is 1. The summed E-state index contributed by atoms with van der Waals surface area (Å²) in [5.74, 6) is -1.56. The Labute approximate surface area is 271 Å². The van der Waals surface area contributed by atoms with Crippen LogP contribution in [0.1, 0.15) is 69.8 Å². The molecule has 2 saturated heterocycles. The number of nitrogens with one attached hydrogen (secondary N) is 1. The smallest absolute Gasteiger partial charge is 0.409 e. The van der Waals surface area contributed by atoms with Crippen LogP contribution in [0.2, 0.25) is 0 Å². The van der Waals surface area contributed by atoms with Crippen LogP contribution in [0.4, 0.5) is 4.79 Å². The van der Waals surface area contributed by atoms with Gasteiger partial charge in [0.1, 0.15) is 23.6 Å². The molecule has 3 amide bonds. The molecule has 2 aromatic rings. The Bertz CT molecular complexity index is 1320. The van der Waals surface area contributed by atoms with Crippen molar-refractivity contribution >= 4 is 23.9 Å². The lowest BCUT2D eigenvalue weighted by atomic mass is 10.1. The summed E-state index contributed by atoms with van der Waals surface area (Å²) in [7, 11) is 0. The maximum atomic E-state index is 13.7. The summed E-state index contributed by atoms with van der Waals surface area (Å²) in [4.78, 5) is 61.2. The number of carbonyl (C=O) groups is 4. The number of aliphatic carboxylic acids is 1. The second kappa shape index (κ2) is 16.9. The molecule has 0 aliphatic carbocycles. The number of likely N-dealkylation sites (tertiary alicyclic amines) is 1. The van der Waals surface area contributed by atoms with Crippen LogP contribution in [-0.4, -0.2) is 113 Å². The van der Waals surface area contributed by atoms with E-state index in [9.17, 15) is 24.3 Å². The van der Waals surface area contributed by atoms with Gasteiger partial charge in [0.05, 0.1) is 12.3 Å². The predicted molar refractivity (Wildman–Crippen MR) is 173 cm³/mol. The molecule has 46 heavy (non-hydrogen) atoms. The topological polar surface area (TPSA) is 142 Å². The van der Waals surface area contributed by atoms with Crippen molar-refractivity contribution in [2.24, 2.45) is 0 Å². The lowest BCUT2D eigenvalue weighted by molar-refractivity contribution is -0.138. The number of ether oxygens (including phenoxy) is 2. The number of benzene rings is 1. The number of pyridine rings is 1. The van der Waals surface area contributed by atoms with Crippen molar-refractivity contribution in [2.75, 3.05) is 45.9 Å². The van der Waals surface area contributed by atoms with Crippen LogP contribution in [0.5, 0.6) is 5.75 Å². The SMILES string of the molecule is CCCCOC(=O)N1CCN(C(=O)[C@H](CCC(=O)O)NC(=O)c2cc(OC3CCN(C(C)C)CC3)cc(-c3ccccc3)n2)CC1. The zero-order valence-corrected chi connectivity index (χ0v) is 27.2. The van der Waals surface area contributed by atoms with Crippen molar-refractivity contribution in [1.29, 1.82) is 0 Å². The minimum absolute atomic E-state index is 0.00980. The quantitative estimate of drug-likeness (QED) is 0.311. The van der Waals surface area contributed by atoms with Crippen LogP contribution in [0.3, 0.4) is 0 Å². The molecule has 2 aliphatic heterocycles. The zero-order chi connectivity index (χ0) is 33.1. The molecule has 3 heterocycles. The highest BCUT2D eigenvalue weighted by Crippen LogP contribution is 2.26. The van der Waals surface area contributed by atoms with Gasteiger partial charge < -0.3 is 34.6 Å². The fraction of sp³-hybridized carbons (Fsp3) is 0.559. The maximum Gasteiger partial charge on any atom is 0.409 e. The van der Waals surface area contributed by atoms with E-state index in [0.717, 1.165) is 44.3 Å². The van der Waals surface area contributed by atoms with Gasteiger partial charge in [0, 0.05) is 69.4 Å². The second-order valence-corrected chi connectivity index (χ2v) is 12.1. The zero-order valence-electron chi connectivity index (χ0n) is 27.2. The van der Waals surface area contributed by atoms with Gasteiger partial charge >= 0.3 is 12.1 Å². The standard InChI is InChI=1S/C34H47N5O7/c1-4-5-21-45-34(44)39-19-17-38(18-20-39)33(43)28(11-12-31(40)41)36-32(42)30-23-27(22-29(35-30)25-9-7-6-8-10-25)46-26-13-15-37(16-14-26)24(2)3/h6-10,22-24,26,28H,4-5,11-21H2,1-3H3,(H,36,42)(H,40,41)/t28-/m0/s1. The molecule has 2 fully saturated rings. The van der Waals surface area contributed by atoms with Crippen molar-refractivity contribution in [3.8, 4) is 17.0 Å². The molecule has 0 bridgehead atoms. The minimum Gasteiger partial charge on any atom is -0.490 e. The molecule has 12 heteroatoms. The van der Waals surface area contributed by atoms with Crippen molar-refractivity contribution < 1.29 is 33.8 Å². The molecular formula is C34H47N5O7. The molecule has 1 atom stereocenters. The Morgan fingerprint density at radius 2 is 1.65 bits per heavy atom. The van der Waals surface area contributed by atoms with E-state index in [-0.39, 0.29) is 50.8 Å².